The van der Waals surface area contributed by atoms with Crippen LogP contribution in [0.4, 0.5) is 13.2 Å². The van der Waals surface area contributed by atoms with Gasteiger partial charge in [0.2, 0.25) is 0 Å². The number of imidazole rings is 1. The number of hydrogen-bond acceptors (Lipinski definition) is 6. The molecule has 4 aromatic rings. The Bertz CT molecular complexity index is 1460. The van der Waals surface area contributed by atoms with E-state index in [0.717, 1.165) is 17.8 Å². The van der Waals surface area contributed by atoms with E-state index in [2.05, 4.69) is 9.97 Å². The SMILES string of the molecule is COC(=O)CC(c1ccc(-c2cccc(C(F)(F)F)c2)o1)c1c(O)cc(C)n(CCc2cnc[nH]2)c1=O. The van der Waals surface area contributed by atoms with Crippen LogP contribution < -0.4 is 5.56 Å². The van der Waals surface area contributed by atoms with Gasteiger partial charge in [-0.05, 0) is 37.3 Å². The van der Waals surface area contributed by atoms with Gasteiger partial charge in [0, 0.05) is 36.1 Å². The fourth-order valence-electron chi connectivity index (χ4n) is 4.17. The molecule has 0 aliphatic carbocycles. The lowest BCUT2D eigenvalue weighted by atomic mass is 9.93. The van der Waals surface area contributed by atoms with E-state index >= 15 is 0 Å². The lowest BCUT2D eigenvalue weighted by Crippen LogP contribution is -2.29. The van der Waals surface area contributed by atoms with Crippen molar-refractivity contribution in [2.75, 3.05) is 7.11 Å². The van der Waals surface area contributed by atoms with E-state index in [1.807, 2.05) is 0 Å². The number of nitrogens with zero attached hydrogens (tertiary/aromatic N) is 2. The minimum absolute atomic E-state index is 0.0782. The van der Waals surface area contributed by atoms with Gasteiger partial charge in [0.25, 0.3) is 5.56 Å². The number of H-pyrrole nitrogens is 1. The molecule has 194 valence electrons. The predicted molar refractivity (Wildman–Crippen MR) is 127 cm³/mol. The number of alkyl halides is 3. The normalized spacial score (nSPS) is 12.5. The van der Waals surface area contributed by atoms with Crippen molar-refractivity contribution in [1.29, 1.82) is 0 Å². The average Bonchev–Trinajstić information content (AvgIpc) is 3.55. The molecule has 3 heterocycles. The molecule has 0 fully saturated rings. The third-order valence-corrected chi connectivity index (χ3v) is 6.07. The second-order valence-corrected chi connectivity index (χ2v) is 8.48. The zero-order valence-electron chi connectivity index (χ0n) is 20.0. The molecule has 0 amide bonds. The second kappa shape index (κ2) is 10.4. The highest BCUT2D eigenvalue weighted by Gasteiger charge is 2.32. The van der Waals surface area contributed by atoms with Gasteiger partial charge in [-0.25, -0.2) is 4.98 Å². The number of aromatic amines is 1. The smallest absolute Gasteiger partial charge is 0.416 e. The van der Waals surface area contributed by atoms with Gasteiger partial charge < -0.3 is 23.8 Å². The van der Waals surface area contributed by atoms with Gasteiger partial charge in [0.05, 0.1) is 36.9 Å². The fraction of sp³-hybridized carbons (Fsp3) is 0.269. The highest BCUT2D eigenvalue weighted by atomic mass is 19.4. The standard InChI is InChI=1S/C26H24F3N3O5/c1-15-10-20(33)24(25(35)32(15)9-8-18-13-30-14-31-18)19(12-23(34)36-2)22-7-6-21(37-22)16-4-3-5-17(11-16)26(27,28)29/h3-7,10-11,13-14,19,33H,8-9,12H2,1-2H3,(H,30,31). The van der Waals surface area contributed by atoms with Crippen molar-refractivity contribution < 1.29 is 32.2 Å². The Hall–Kier alpha value is -4.28. The summed E-state index contributed by atoms with van der Waals surface area (Å²) >= 11 is 0. The minimum atomic E-state index is -4.53. The van der Waals surface area contributed by atoms with Crippen molar-refractivity contribution in [3.05, 3.63) is 93.6 Å². The summed E-state index contributed by atoms with van der Waals surface area (Å²) in [5.74, 6) is -1.80. The van der Waals surface area contributed by atoms with Crippen molar-refractivity contribution in [3.63, 3.8) is 0 Å². The van der Waals surface area contributed by atoms with E-state index in [-0.39, 0.29) is 41.4 Å². The first-order valence-electron chi connectivity index (χ1n) is 11.3. The van der Waals surface area contributed by atoms with Gasteiger partial charge in [0.15, 0.2) is 0 Å². The van der Waals surface area contributed by atoms with Crippen LogP contribution in [0.1, 0.15) is 40.6 Å². The molecule has 8 nitrogen and oxygen atoms in total. The predicted octanol–water partition coefficient (Wildman–Crippen LogP) is 4.80. The summed E-state index contributed by atoms with van der Waals surface area (Å²) in [6, 6.07) is 8.96. The molecule has 0 saturated carbocycles. The number of hydrogen-bond donors (Lipinski definition) is 2. The number of benzene rings is 1. The quantitative estimate of drug-likeness (QED) is 0.326. The summed E-state index contributed by atoms with van der Waals surface area (Å²) in [7, 11) is 1.19. The van der Waals surface area contributed by atoms with Gasteiger partial charge in [-0.2, -0.15) is 13.2 Å². The van der Waals surface area contributed by atoms with Gasteiger partial charge in [-0.15, -0.1) is 0 Å². The summed E-state index contributed by atoms with van der Waals surface area (Å²) in [5, 5.41) is 10.8. The third kappa shape index (κ3) is 5.60. The number of aromatic nitrogens is 3. The van der Waals surface area contributed by atoms with Crippen LogP contribution in [-0.4, -0.2) is 32.7 Å². The number of carbonyl (C=O) groups excluding carboxylic acids is 1. The number of aromatic hydroxyl groups is 1. The molecule has 1 aromatic carbocycles. The van der Waals surface area contributed by atoms with E-state index in [1.54, 1.807) is 13.1 Å². The van der Waals surface area contributed by atoms with Crippen LogP contribution in [0.25, 0.3) is 11.3 Å². The van der Waals surface area contributed by atoms with Crippen LogP contribution in [0.3, 0.4) is 0 Å². The Balaban J connectivity index is 1.76. The summed E-state index contributed by atoms with van der Waals surface area (Å²) in [6.45, 7) is 1.95. The van der Waals surface area contributed by atoms with E-state index in [9.17, 15) is 27.9 Å². The zero-order valence-corrected chi connectivity index (χ0v) is 20.0. The molecule has 0 spiro atoms. The fourth-order valence-corrected chi connectivity index (χ4v) is 4.17. The van der Waals surface area contributed by atoms with Gasteiger partial charge in [-0.1, -0.05) is 12.1 Å². The van der Waals surface area contributed by atoms with Crippen molar-refractivity contribution in [3.8, 4) is 17.1 Å². The molecule has 37 heavy (non-hydrogen) atoms. The van der Waals surface area contributed by atoms with Crippen LogP contribution in [0.15, 0.2) is 64.2 Å². The van der Waals surface area contributed by atoms with Crippen LogP contribution in [0.2, 0.25) is 0 Å². The number of esters is 1. The molecule has 0 bridgehead atoms. The van der Waals surface area contributed by atoms with Crippen molar-refractivity contribution in [2.45, 2.75) is 38.4 Å². The van der Waals surface area contributed by atoms with Crippen LogP contribution in [-0.2, 0) is 28.7 Å². The van der Waals surface area contributed by atoms with E-state index in [1.165, 1.54) is 48.3 Å². The van der Waals surface area contributed by atoms with Gasteiger partial charge in [-0.3, -0.25) is 9.59 Å². The number of ether oxygens (including phenoxy) is 1. The Morgan fingerprint density at radius 1 is 1.24 bits per heavy atom. The summed E-state index contributed by atoms with van der Waals surface area (Å²) < 4.78 is 51.7. The topological polar surface area (TPSA) is 110 Å². The van der Waals surface area contributed by atoms with Crippen molar-refractivity contribution in [2.24, 2.45) is 0 Å². The molecule has 0 aliphatic heterocycles. The minimum Gasteiger partial charge on any atom is -0.507 e. The number of pyridine rings is 1. The number of rotatable bonds is 8. The number of halogens is 3. The molecule has 0 aliphatic rings. The maximum atomic E-state index is 13.5. The molecule has 0 radical (unpaired) electrons. The Morgan fingerprint density at radius 2 is 2.03 bits per heavy atom. The molecule has 0 saturated heterocycles. The van der Waals surface area contributed by atoms with Crippen LogP contribution in [0.5, 0.6) is 5.75 Å². The number of carbonyl (C=O) groups is 1. The van der Waals surface area contributed by atoms with Gasteiger partial charge in [0.1, 0.15) is 17.3 Å². The lowest BCUT2D eigenvalue weighted by molar-refractivity contribution is -0.141. The molecule has 4 rings (SSSR count). The van der Waals surface area contributed by atoms with E-state index in [4.69, 9.17) is 9.15 Å². The first kappa shape index (κ1) is 25.8. The Morgan fingerprint density at radius 3 is 2.70 bits per heavy atom. The van der Waals surface area contributed by atoms with E-state index in [0.29, 0.717) is 12.1 Å². The largest absolute Gasteiger partial charge is 0.507 e. The summed E-state index contributed by atoms with van der Waals surface area (Å²) in [4.78, 5) is 32.7. The van der Waals surface area contributed by atoms with Crippen LogP contribution >= 0.6 is 0 Å². The number of furan rings is 1. The second-order valence-electron chi connectivity index (χ2n) is 8.48. The number of aryl methyl sites for hydroxylation is 2. The molecule has 1 unspecified atom stereocenters. The molecular weight excluding hydrogens is 491 g/mol. The number of nitrogens with one attached hydrogen (secondary N) is 1. The number of methoxy groups -OCH3 is 1. The molecule has 3 aromatic heterocycles. The third-order valence-electron chi connectivity index (χ3n) is 6.07. The Labute approximate surface area is 209 Å². The van der Waals surface area contributed by atoms with E-state index < -0.39 is 29.2 Å². The first-order chi connectivity index (χ1) is 17.6. The summed E-state index contributed by atoms with van der Waals surface area (Å²) in [6.07, 6.45) is -1.24. The molecule has 1 atom stereocenters. The van der Waals surface area contributed by atoms with Gasteiger partial charge >= 0.3 is 12.1 Å². The monoisotopic (exact) mass is 515 g/mol. The zero-order chi connectivity index (χ0) is 26.7. The average molecular weight is 515 g/mol. The highest BCUT2D eigenvalue weighted by Crippen LogP contribution is 2.37. The maximum Gasteiger partial charge on any atom is 0.416 e. The van der Waals surface area contributed by atoms with Crippen molar-refractivity contribution >= 4 is 5.97 Å². The first-order valence-corrected chi connectivity index (χ1v) is 11.3. The van der Waals surface area contributed by atoms with Crippen molar-refractivity contribution in [1.82, 2.24) is 14.5 Å². The molecular formula is C26H24F3N3O5. The Kier molecular flexibility index (Phi) is 7.23. The lowest BCUT2D eigenvalue weighted by Gasteiger charge is -2.18. The van der Waals surface area contributed by atoms with Crippen LogP contribution in [0, 0.1) is 6.92 Å². The summed E-state index contributed by atoms with van der Waals surface area (Å²) in [5.41, 5.74) is 0.0392. The maximum absolute atomic E-state index is 13.5. The molecule has 2 N–H and O–H groups in total. The molecule has 11 heteroatoms. The highest BCUT2D eigenvalue weighted by molar-refractivity contribution is 5.71.